The summed E-state index contributed by atoms with van der Waals surface area (Å²) >= 11 is 0. The molecule has 3 heteroatoms. The van der Waals surface area contributed by atoms with Crippen LogP contribution in [0.4, 0.5) is 11.4 Å². The molecule has 162 valence electrons. The van der Waals surface area contributed by atoms with Crippen molar-refractivity contribution in [2.45, 2.75) is 52.9 Å². The van der Waals surface area contributed by atoms with E-state index in [0.29, 0.717) is 0 Å². The maximum Gasteiger partial charge on any atom is 0.118 e. The molecule has 2 N–H and O–H groups in total. The summed E-state index contributed by atoms with van der Waals surface area (Å²) in [4.78, 5) is 5.09. The molecule has 3 rings (SSSR count). The van der Waals surface area contributed by atoms with Crippen LogP contribution in [0.3, 0.4) is 0 Å². The second-order valence-corrected chi connectivity index (χ2v) is 7.92. The van der Waals surface area contributed by atoms with E-state index in [4.69, 9.17) is 15.5 Å². The van der Waals surface area contributed by atoms with Crippen molar-refractivity contribution in [3.63, 3.8) is 0 Å². The van der Waals surface area contributed by atoms with E-state index in [9.17, 15) is 0 Å². The minimum Gasteiger partial charge on any atom is -0.497 e. The SMILES string of the molecule is CCCC(=Nc1ccc(Cc2ccc(N)c(CC)c2)cc1CC)c1ccc(OC)cc1. The maximum atomic E-state index is 6.07. The third-order valence-corrected chi connectivity index (χ3v) is 5.69. The predicted molar refractivity (Wildman–Crippen MR) is 133 cm³/mol. The standard InChI is InChI=1S/C28H34N2O/c1-5-8-27(24-11-13-25(31-4)14-12-24)30-28-16-10-21(19-23(28)7-3)17-20-9-15-26(29)22(6-2)18-20/h9-16,18-19H,5-8,17,29H2,1-4H3. The Kier molecular flexibility index (Phi) is 7.88. The Morgan fingerprint density at radius 2 is 1.48 bits per heavy atom. The molecule has 3 aromatic rings. The maximum absolute atomic E-state index is 6.07. The Bertz CT molecular complexity index is 1040. The fourth-order valence-electron chi connectivity index (χ4n) is 3.88. The summed E-state index contributed by atoms with van der Waals surface area (Å²) in [6.45, 7) is 6.54. The van der Waals surface area contributed by atoms with Crippen molar-refractivity contribution in [2.75, 3.05) is 12.8 Å². The molecule has 0 saturated carbocycles. The molecular formula is C28H34N2O. The molecule has 0 radical (unpaired) electrons. The molecule has 0 heterocycles. The van der Waals surface area contributed by atoms with Crippen LogP contribution in [0.25, 0.3) is 0 Å². The van der Waals surface area contributed by atoms with Crippen molar-refractivity contribution in [1.29, 1.82) is 0 Å². The molecule has 0 aliphatic carbocycles. The van der Waals surface area contributed by atoms with E-state index >= 15 is 0 Å². The summed E-state index contributed by atoms with van der Waals surface area (Å²) in [5.41, 5.74) is 15.4. The number of hydrogen-bond donors (Lipinski definition) is 1. The van der Waals surface area contributed by atoms with Gasteiger partial charge < -0.3 is 10.5 Å². The summed E-state index contributed by atoms with van der Waals surface area (Å²) in [6.07, 6.45) is 4.82. The number of ether oxygens (including phenoxy) is 1. The van der Waals surface area contributed by atoms with Gasteiger partial charge in [0, 0.05) is 11.4 Å². The fraction of sp³-hybridized carbons (Fsp3) is 0.321. The monoisotopic (exact) mass is 414 g/mol. The Labute approximate surface area is 187 Å². The molecule has 31 heavy (non-hydrogen) atoms. The van der Waals surface area contributed by atoms with Gasteiger partial charge in [-0.3, -0.25) is 4.99 Å². The highest BCUT2D eigenvalue weighted by Crippen LogP contribution is 2.26. The highest BCUT2D eigenvalue weighted by atomic mass is 16.5. The topological polar surface area (TPSA) is 47.6 Å². The number of nitrogen functional groups attached to an aromatic ring is 1. The molecule has 0 aliphatic heterocycles. The number of hydrogen-bond acceptors (Lipinski definition) is 3. The van der Waals surface area contributed by atoms with E-state index < -0.39 is 0 Å². The highest BCUT2D eigenvalue weighted by Gasteiger charge is 2.08. The zero-order valence-corrected chi connectivity index (χ0v) is 19.2. The zero-order valence-electron chi connectivity index (χ0n) is 19.2. The second kappa shape index (κ2) is 10.8. The minimum atomic E-state index is 0.868. The minimum absolute atomic E-state index is 0.868. The Hall–Kier alpha value is -3.07. The molecule has 0 aromatic heterocycles. The van der Waals surface area contributed by atoms with Crippen LogP contribution in [0.5, 0.6) is 5.75 Å². The van der Waals surface area contributed by atoms with Crippen LogP contribution >= 0.6 is 0 Å². The van der Waals surface area contributed by atoms with Gasteiger partial charge in [-0.1, -0.05) is 51.5 Å². The third-order valence-electron chi connectivity index (χ3n) is 5.69. The average molecular weight is 415 g/mol. The lowest BCUT2D eigenvalue weighted by Crippen LogP contribution is -2.01. The first kappa shape index (κ1) is 22.6. The van der Waals surface area contributed by atoms with Crippen LogP contribution in [-0.2, 0) is 19.3 Å². The molecular weight excluding hydrogens is 380 g/mol. The molecule has 0 aliphatic rings. The zero-order chi connectivity index (χ0) is 22.2. The van der Waals surface area contributed by atoms with Crippen molar-refractivity contribution in [2.24, 2.45) is 4.99 Å². The van der Waals surface area contributed by atoms with Crippen LogP contribution < -0.4 is 10.5 Å². The Morgan fingerprint density at radius 1 is 0.839 bits per heavy atom. The number of anilines is 1. The van der Waals surface area contributed by atoms with Crippen molar-refractivity contribution in [3.05, 3.63) is 88.5 Å². The summed E-state index contributed by atoms with van der Waals surface area (Å²) < 4.78 is 5.30. The van der Waals surface area contributed by atoms with Crippen LogP contribution in [0.15, 0.2) is 65.7 Å². The summed E-state index contributed by atoms with van der Waals surface area (Å²) in [7, 11) is 1.69. The number of aliphatic imine (C=N–C) groups is 1. The molecule has 0 saturated heterocycles. The fourth-order valence-corrected chi connectivity index (χ4v) is 3.88. The van der Waals surface area contributed by atoms with Crippen molar-refractivity contribution < 1.29 is 4.74 Å². The van der Waals surface area contributed by atoms with Gasteiger partial charge in [0.15, 0.2) is 0 Å². The smallest absolute Gasteiger partial charge is 0.118 e. The Morgan fingerprint density at radius 3 is 2.10 bits per heavy atom. The van der Waals surface area contributed by atoms with E-state index in [0.717, 1.165) is 60.5 Å². The molecule has 0 spiro atoms. The van der Waals surface area contributed by atoms with Crippen molar-refractivity contribution in [3.8, 4) is 5.75 Å². The van der Waals surface area contributed by atoms with Crippen LogP contribution in [0.2, 0.25) is 0 Å². The largest absolute Gasteiger partial charge is 0.497 e. The summed E-state index contributed by atoms with van der Waals surface area (Å²) in [5.74, 6) is 0.868. The van der Waals surface area contributed by atoms with E-state index in [1.54, 1.807) is 7.11 Å². The lowest BCUT2D eigenvalue weighted by atomic mass is 9.98. The van der Waals surface area contributed by atoms with Crippen LogP contribution in [-0.4, -0.2) is 12.8 Å². The van der Waals surface area contributed by atoms with E-state index in [2.05, 4.69) is 63.2 Å². The Balaban J connectivity index is 1.90. The number of nitrogens with zero attached hydrogens (tertiary/aromatic N) is 1. The van der Waals surface area contributed by atoms with Gasteiger partial charge >= 0.3 is 0 Å². The third kappa shape index (κ3) is 5.75. The van der Waals surface area contributed by atoms with Gasteiger partial charge in [0.25, 0.3) is 0 Å². The molecule has 0 amide bonds. The van der Waals surface area contributed by atoms with E-state index in [1.807, 2.05) is 18.2 Å². The van der Waals surface area contributed by atoms with E-state index in [1.165, 1.54) is 22.3 Å². The normalized spacial score (nSPS) is 11.5. The van der Waals surface area contributed by atoms with Gasteiger partial charge in [0.05, 0.1) is 12.8 Å². The molecule has 0 atom stereocenters. The second-order valence-electron chi connectivity index (χ2n) is 7.92. The number of rotatable bonds is 9. The molecule has 0 bridgehead atoms. The van der Waals surface area contributed by atoms with Gasteiger partial charge in [-0.2, -0.15) is 0 Å². The van der Waals surface area contributed by atoms with Gasteiger partial charge in [-0.25, -0.2) is 0 Å². The van der Waals surface area contributed by atoms with Crippen molar-refractivity contribution >= 4 is 17.1 Å². The van der Waals surface area contributed by atoms with Crippen molar-refractivity contribution in [1.82, 2.24) is 0 Å². The number of aryl methyl sites for hydroxylation is 2. The molecule has 0 fully saturated rings. The molecule has 3 aromatic carbocycles. The number of methoxy groups -OCH3 is 1. The van der Waals surface area contributed by atoms with Gasteiger partial charge in [0.2, 0.25) is 0 Å². The van der Waals surface area contributed by atoms with Crippen LogP contribution in [0, 0.1) is 0 Å². The van der Waals surface area contributed by atoms with Crippen LogP contribution in [0.1, 0.15) is 61.4 Å². The number of nitrogens with two attached hydrogens (primary N) is 1. The number of benzene rings is 3. The van der Waals surface area contributed by atoms with Gasteiger partial charge in [-0.15, -0.1) is 0 Å². The lowest BCUT2D eigenvalue weighted by molar-refractivity contribution is 0.415. The molecule has 0 unspecified atom stereocenters. The predicted octanol–water partition coefficient (Wildman–Crippen LogP) is 6.91. The average Bonchev–Trinajstić information content (AvgIpc) is 2.80. The first-order chi connectivity index (χ1) is 15.1. The van der Waals surface area contributed by atoms with E-state index in [-0.39, 0.29) is 0 Å². The quantitative estimate of drug-likeness (QED) is 0.305. The van der Waals surface area contributed by atoms with Gasteiger partial charge in [-0.05, 0) is 89.9 Å². The first-order valence-electron chi connectivity index (χ1n) is 11.3. The lowest BCUT2D eigenvalue weighted by Gasteiger charge is -2.12. The molecule has 3 nitrogen and oxygen atoms in total. The van der Waals surface area contributed by atoms with Gasteiger partial charge in [0.1, 0.15) is 5.75 Å². The summed E-state index contributed by atoms with van der Waals surface area (Å²) in [6, 6.07) is 21.3. The summed E-state index contributed by atoms with van der Waals surface area (Å²) in [5, 5.41) is 0. The first-order valence-corrected chi connectivity index (χ1v) is 11.3. The highest BCUT2D eigenvalue weighted by molar-refractivity contribution is 6.02.